The summed E-state index contributed by atoms with van der Waals surface area (Å²) in [5, 5.41) is 0.754. The van der Waals surface area contributed by atoms with Crippen LogP contribution in [0.5, 0.6) is 5.75 Å². The monoisotopic (exact) mass is 311 g/mol. The van der Waals surface area contributed by atoms with Crippen molar-refractivity contribution in [1.82, 2.24) is 4.98 Å². The Hall–Kier alpha value is -2.69. The first-order valence-corrected chi connectivity index (χ1v) is 7.37. The molecule has 2 heterocycles. The maximum Gasteiger partial charge on any atom is 0.202 e. The van der Waals surface area contributed by atoms with Crippen LogP contribution in [0.15, 0.2) is 33.6 Å². The highest BCUT2D eigenvalue weighted by Crippen LogP contribution is 2.28. The van der Waals surface area contributed by atoms with Gasteiger partial charge in [-0.25, -0.2) is 0 Å². The molecule has 0 aliphatic carbocycles. The summed E-state index contributed by atoms with van der Waals surface area (Å²) in [4.78, 5) is 28.7. The minimum Gasteiger partial charge on any atom is -0.496 e. The molecule has 0 amide bonds. The van der Waals surface area contributed by atoms with E-state index < -0.39 is 0 Å². The molecule has 1 aromatic carbocycles. The summed E-state index contributed by atoms with van der Waals surface area (Å²) in [5.74, 6) is 0.456. The third-order valence-electron chi connectivity index (χ3n) is 3.87. The van der Waals surface area contributed by atoms with E-state index in [0.717, 1.165) is 5.69 Å². The van der Waals surface area contributed by atoms with Crippen molar-refractivity contribution in [3.63, 3.8) is 0 Å². The molecule has 0 N–H and O–H groups in total. The predicted molar refractivity (Wildman–Crippen MR) is 88.4 cm³/mol. The Morgan fingerprint density at radius 1 is 1.17 bits per heavy atom. The molecular weight excluding hydrogens is 294 g/mol. The van der Waals surface area contributed by atoms with E-state index in [1.54, 1.807) is 12.1 Å². The van der Waals surface area contributed by atoms with E-state index in [-0.39, 0.29) is 17.1 Å². The van der Waals surface area contributed by atoms with Crippen molar-refractivity contribution in [3.05, 3.63) is 45.9 Å². The van der Waals surface area contributed by atoms with E-state index in [9.17, 15) is 9.59 Å². The lowest BCUT2D eigenvalue weighted by molar-refractivity contribution is 0.101. The van der Waals surface area contributed by atoms with Crippen LogP contribution in [0.25, 0.3) is 21.9 Å². The highest BCUT2D eigenvalue weighted by Gasteiger charge is 2.16. The van der Waals surface area contributed by atoms with Crippen molar-refractivity contribution in [2.45, 2.75) is 26.7 Å². The van der Waals surface area contributed by atoms with Gasteiger partial charge in [-0.15, -0.1) is 0 Å². The summed E-state index contributed by atoms with van der Waals surface area (Å²) >= 11 is 0. The normalized spacial score (nSPS) is 11.3. The second kappa shape index (κ2) is 5.50. The lowest BCUT2D eigenvalue weighted by atomic mass is 10.0. The summed E-state index contributed by atoms with van der Waals surface area (Å²) in [5.41, 5.74) is 1.89. The maximum atomic E-state index is 12.7. The molecule has 3 aromatic rings. The number of methoxy groups -OCH3 is 1. The number of carbonyl (C=O) groups is 1. The fraction of sp³-hybridized carbons (Fsp3) is 0.278. The van der Waals surface area contributed by atoms with Crippen molar-refractivity contribution >= 4 is 27.7 Å². The van der Waals surface area contributed by atoms with Gasteiger partial charge in [0.05, 0.1) is 23.4 Å². The fourth-order valence-corrected chi connectivity index (χ4v) is 2.55. The molecule has 5 heteroatoms. The van der Waals surface area contributed by atoms with Crippen molar-refractivity contribution in [2.75, 3.05) is 7.11 Å². The van der Waals surface area contributed by atoms with Gasteiger partial charge in [0.1, 0.15) is 16.9 Å². The van der Waals surface area contributed by atoms with Crippen LogP contribution in [0.4, 0.5) is 0 Å². The van der Waals surface area contributed by atoms with Gasteiger partial charge in [-0.1, -0.05) is 13.8 Å². The van der Waals surface area contributed by atoms with E-state index in [0.29, 0.717) is 33.3 Å². The first-order chi connectivity index (χ1) is 10.9. The Balaban J connectivity index is 2.40. The Kier molecular flexibility index (Phi) is 3.64. The zero-order chi connectivity index (χ0) is 16.7. The first kappa shape index (κ1) is 15.2. The number of hydrogen-bond donors (Lipinski definition) is 0. The number of aromatic nitrogens is 1. The van der Waals surface area contributed by atoms with Crippen LogP contribution >= 0.6 is 0 Å². The quantitative estimate of drug-likeness (QED) is 0.545. The smallest absolute Gasteiger partial charge is 0.202 e. The number of fused-ring (bicyclic) bond motifs is 2. The molecule has 0 unspecified atom stereocenters. The molecule has 0 aliphatic rings. The molecule has 5 nitrogen and oxygen atoms in total. The molecule has 0 aliphatic heterocycles. The molecule has 0 saturated carbocycles. The van der Waals surface area contributed by atoms with Crippen molar-refractivity contribution in [2.24, 2.45) is 0 Å². The number of carbonyl (C=O) groups excluding carboxylic acids is 1. The standard InChI is InChI=1S/C18H17NO4/c1-9(2)14-6-16-13(8-19-14)18(21)12-5-11(10(3)20)15(22-4)7-17(12)23-16/h5-9H,1-4H3. The molecule has 0 atom stereocenters. The van der Waals surface area contributed by atoms with Gasteiger partial charge < -0.3 is 9.15 Å². The SMILES string of the molecule is COc1cc2oc3cc(C(C)C)ncc3c(=O)c2cc1C(C)=O. The number of Topliss-reactive ketones (excluding diaryl/α,β-unsaturated/α-hetero) is 1. The summed E-state index contributed by atoms with van der Waals surface area (Å²) in [6, 6.07) is 4.90. The van der Waals surface area contributed by atoms with Crippen LogP contribution in [-0.2, 0) is 0 Å². The van der Waals surface area contributed by atoms with Gasteiger partial charge in [0.15, 0.2) is 5.78 Å². The van der Waals surface area contributed by atoms with Crippen molar-refractivity contribution in [3.8, 4) is 5.75 Å². The van der Waals surface area contributed by atoms with Gasteiger partial charge >= 0.3 is 0 Å². The lowest BCUT2D eigenvalue weighted by Gasteiger charge is -2.09. The largest absolute Gasteiger partial charge is 0.496 e. The van der Waals surface area contributed by atoms with Crippen molar-refractivity contribution < 1.29 is 13.9 Å². The zero-order valence-corrected chi connectivity index (χ0v) is 13.5. The molecule has 0 saturated heterocycles. The van der Waals surface area contributed by atoms with E-state index >= 15 is 0 Å². The Labute approximate surface area is 132 Å². The van der Waals surface area contributed by atoms with Gasteiger partial charge in [0.25, 0.3) is 0 Å². The number of benzene rings is 1. The van der Waals surface area contributed by atoms with Gasteiger partial charge in [0, 0.05) is 24.0 Å². The minimum absolute atomic E-state index is 0.170. The molecule has 0 radical (unpaired) electrons. The summed E-state index contributed by atoms with van der Waals surface area (Å²) in [6.45, 7) is 5.48. The van der Waals surface area contributed by atoms with E-state index in [1.165, 1.54) is 26.3 Å². The molecule has 23 heavy (non-hydrogen) atoms. The van der Waals surface area contributed by atoms with Gasteiger partial charge in [-0.2, -0.15) is 0 Å². The van der Waals surface area contributed by atoms with E-state index in [1.807, 2.05) is 13.8 Å². The fourth-order valence-electron chi connectivity index (χ4n) is 2.55. The maximum absolute atomic E-state index is 12.7. The van der Waals surface area contributed by atoms with Crippen LogP contribution in [0.1, 0.15) is 42.7 Å². The number of ketones is 1. The summed E-state index contributed by atoms with van der Waals surface area (Å²) in [7, 11) is 1.48. The number of ether oxygens (including phenoxy) is 1. The second-order valence-corrected chi connectivity index (χ2v) is 5.80. The minimum atomic E-state index is -0.200. The van der Waals surface area contributed by atoms with Crippen LogP contribution in [-0.4, -0.2) is 17.9 Å². The zero-order valence-electron chi connectivity index (χ0n) is 13.5. The highest BCUT2D eigenvalue weighted by molar-refractivity contribution is 6.02. The number of hydrogen-bond acceptors (Lipinski definition) is 5. The first-order valence-electron chi connectivity index (χ1n) is 7.37. The van der Waals surface area contributed by atoms with E-state index in [4.69, 9.17) is 9.15 Å². The van der Waals surface area contributed by atoms with Crippen LogP contribution in [0, 0.1) is 0 Å². The second-order valence-electron chi connectivity index (χ2n) is 5.80. The molecule has 2 aromatic heterocycles. The Bertz CT molecular complexity index is 986. The molecule has 0 fully saturated rings. The van der Waals surface area contributed by atoms with Gasteiger partial charge in [-0.3, -0.25) is 14.6 Å². The average molecular weight is 311 g/mol. The van der Waals surface area contributed by atoms with E-state index in [2.05, 4.69) is 4.98 Å². The van der Waals surface area contributed by atoms with Gasteiger partial charge in [-0.05, 0) is 18.9 Å². The molecule has 0 bridgehead atoms. The average Bonchev–Trinajstić information content (AvgIpc) is 2.53. The molecule has 0 spiro atoms. The third kappa shape index (κ3) is 2.48. The topological polar surface area (TPSA) is 69.4 Å². The van der Waals surface area contributed by atoms with Crippen LogP contribution < -0.4 is 10.2 Å². The molecular formula is C18H17NO4. The Morgan fingerprint density at radius 2 is 1.87 bits per heavy atom. The molecule has 118 valence electrons. The Morgan fingerprint density at radius 3 is 2.48 bits per heavy atom. The number of nitrogens with zero attached hydrogens (tertiary/aromatic N) is 1. The molecule has 3 rings (SSSR count). The third-order valence-corrected chi connectivity index (χ3v) is 3.87. The van der Waals surface area contributed by atoms with Crippen LogP contribution in [0.3, 0.4) is 0 Å². The highest BCUT2D eigenvalue weighted by atomic mass is 16.5. The predicted octanol–water partition coefficient (Wildman–Crippen LogP) is 3.68. The lowest BCUT2D eigenvalue weighted by Crippen LogP contribution is -2.06. The number of pyridine rings is 1. The van der Waals surface area contributed by atoms with Crippen LogP contribution in [0.2, 0.25) is 0 Å². The number of rotatable bonds is 3. The van der Waals surface area contributed by atoms with Gasteiger partial charge in [0.2, 0.25) is 5.43 Å². The van der Waals surface area contributed by atoms with Crippen molar-refractivity contribution in [1.29, 1.82) is 0 Å². The summed E-state index contributed by atoms with van der Waals surface area (Å²) < 4.78 is 11.1. The summed E-state index contributed by atoms with van der Waals surface area (Å²) in [6.07, 6.45) is 1.54.